The Kier molecular flexibility index (Phi) is 5.24. The monoisotopic (exact) mass is 305 g/mol. The minimum Gasteiger partial charge on any atom is -0.395 e. The maximum atomic E-state index is 8.93. The van der Waals surface area contributed by atoms with E-state index >= 15 is 0 Å². The Morgan fingerprint density at radius 1 is 1.43 bits per heavy atom. The number of aromatic amines is 1. The highest BCUT2D eigenvalue weighted by Crippen LogP contribution is 2.12. The molecular weight excluding hydrogens is 286 g/mol. The lowest BCUT2D eigenvalue weighted by atomic mass is 10.2. The van der Waals surface area contributed by atoms with Crippen LogP contribution in [0, 0.1) is 4.77 Å². The smallest absolute Gasteiger partial charge is 0.216 e. The first-order valence-corrected chi connectivity index (χ1v) is 7.19. The number of hydrogen-bond acceptors (Lipinski definition) is 5. The van der Waals surface area contributed by atoms with Crippen LogP contribution in [0.3, 0.4) is 0 Å². The highest BCUT2D eigenvalue weighted by molar-refractivity contribution is 7.71. The Morgan fingerprint density at radius 3 is 2.76 bits per heavy atom. The van der Waals surface area contributed by atoms with E-state index in [0.29, 0.717) is 11.3 Å². The first-order valence-electron chi connectivity index (χ1n) is 6.78. The third kappa shape index (κ3) is 3.77. The lowest BCUT2D eigenvalue weighted by molar-refractivity contribution is 0.304. The molecule has 0 saturated carbocycles. The molecule has 2 aromatic rings. The van der Waals surface area contributed by atoms with Gasteiger partial charge in [-0.1, -0.05) is 19.1 Å². The van der Waals surface area contributed by atoms with Gasteiger partial charge in [0.25, 0.3) is 0 Å². The van der Waals surface area contributed by atoms with Gasteiger partial charge in [-0.05, 0) is 29.9 Å². The van der Waals surface area contributed by atoms with Crippen molar-refractivity contribution in [2.75, 3.05) is 25.1 Å². The summed E-state index contributed by atoms with van der Waals surface area (Å²) >= 11 is 5.14. The molecule has 2 rings (SSSR count). The van der Waals surface area contributed by atoms with Crippen molar-refractivity contribution in [3.8, 4) is 0 Å². The topological polar surface area (TPSA) is 69.4 Å². The number of benzene rings is 1. The molecule has 0 saturated heterocycles. The van der Waals surface area contributed by atoms with Gasteiger partial charge in [-0.2, -0.15) is 14.9 Å². The van der Waals surface area contributed by atoms with Gasteiger partial charge in [-0.3, -0.25) is 5.10 Å². The standard InChI is InChI=1S/C14H19N5OS/c1-3-13-16-17-14(21)19(13)15-10-11-4-6-12(7-5-11)18(2)8-9-20/h4-7,10,20H,3,8-9H2,1-2H3,(H,17,21)/b15-10-. The van der Waals surface area contributed by atoms with Gasteiger partial charge >= 0.3 is 0 Å². The molecule has 1 aromatic heterocycles. The number of anilines is 1. The summed E-state index contributed by atoms with van der Waals surface area (Å²) in [6.07, 6.45) is 2.51. The van der Waals surface area contributed by atoms with Crippen molar-refractivity contribution in [3.63, 3.8) is 0 Å². The quantitative estimate of drug-likeness (QED) is 0.631. The van der Waals surface area contributed by atoms with E-state index < -0.39 is 0 Å². The van der Waals surface area contributed by atoms with Crippen molar-refractivity contribution in [1.29, 1.82) is 0 Å². The van der Waals surface area contributed by atoms with E-state index in [2.05, 4.69) is 15.3 Å². The normalized spacial score (nSPS) is 11.2. The SMILES string of the molecule is CCc1n[nH]c(=S)n1/N=C\c1ccc(N(C)CCO)cc1. The predicted octanol–water partition coefficient (Wildman–Crippen LogP) is 1.81. The molecule has 6 nitrogen and oxygen atoms in total. The van der Waals surface area contributed by atoms with Gasteiger partial charge in [0.2, 0.25) is 4.77 Å². The Balaban J connectivity index is 2.15. The second-order valence-electron chi connectivity index (χ2n) is 4.59. The van der Waals surface area contributed by atoms with Crippen LogP contribution in [0.5, 0.6) is 0 Å². The minimum absolute atomic E-state index is 0.137. The lowest BCUT2D eigenvalue weighted by Gasteiger charge is -2.17. The maximum Gasteiger partial charge on any atom is 0.216 e. The summed E-state index contributed by atoms with van der Waals surface area (Å²) < 4.78 is 2.11. The molecule has 0 aliphatic heterocycles. The van der Waals surface area contributed by atoms with E-state index in [1.54, 1.807) is 10.9 Å². The number of H-pyrrole nitrogens is 1. The van der Waals surface area contributed by atoms with Gasteiger partial charge in [0.1, 0.15) is 0 Å². The highest BCUT2D eigenvalue weighted by Gasteiger charge is 2.02. The Labute approximate surface area is 128 Å². The van der Waals surface area contributed by atoms with Crippen molar-refractivity contribution in [3.05, 3.63) is 40.4 Å². The van der Waals surface area contributed by atoms with E-state index in [1.807, 2.05) is 43.1 Å². The van der Waals surface area contributed by atoms with Crippen LogP contribution in [-0.4, -0.2) is 46.4 Å². The molecule has 112 valence electrons. The molecule has 0 aliphatic carbocycles. The molecule has 1 heterocycles. The molecule has 0 unspecified atom stereocenters. The molecule has 0 amide bonds. The Bertz CT molecular complexity index is 659. The molecule has 0 bridgehead atoms. The number of nitrogens with zero attached hydrogens (tertiary/aromatic N) is 4. The Morgan fingerprint density at radius 2 is 2.14 bits per heavy atom. The summed E-state index contributed by atoms with van der Waals surface area (Å²) in [5.41, 5.74) is 2.02. The number of nitrogens with one attached hydrogen (secondary N) is 1. The van der Waals surface area contributed by atoms with Crippen LogP contribution in [0.4, 0.5) is 5.69 Å². The Hall–Kier alpha value is -1.99. The zero-order valence-electron chi connectivity index (χ0n) is 12.2. The fraction of sp³-hybridized carbons (Fsp3) is 0.357. The third-order valence-electron chi connectivity index (χ3n) is 3.13. The zero-order chi connectivity index (χ0) is 15.2. The molecule has 21 heavy (non-hydrogen) atoms. The molecule has 0 spiro atoms. The number of aryl methyl sites for hydroxylation is 1. The summed E-state index contributed by atoms with van der Waals surface area (Å²) in [4.78, 5) is 1.99. The molecule has 0 radical (unpaired) electrons. The number of likely N-dealkylation sites (N-methyl/N-ethyl adjacent to an activating group) is 1. The van der Waals surface area contributed by atoms with E-state index in [4.69, 9.17) is 17.3 Å². The predicted molar refractivity (Wildman–Crippen MR) is 86.6 cm³/mol. The summed E-state index contributed by atoms with van der Waals surface area (Å²) in [6.45, 7) is 2.75. The lowest BCUT2D eigenvalue weighted by Crippen LogP contribution is -2.20. The van der Waals surface area contributed by atoms with Crippen LogP contribution in [-0.2, 0) is 6.42 Å². The number of aliphatic hydroxyl groups is 1. The van der Waals surface area contributed by atoms with Crippen LogP contribution >= 0.6 is 12.2 Å². The first-order chi connectivity index (χ1) is 10.2. The van der Waals surface area contributed by atoms with Crippen LogP contribution in [0.1, 0.15) is 18.3 Å². The van der Waals surface area contributed by atoms with Crippen molar-refractivity contribution >= 4 is 24.1 Å². The van der Waals surface area contributed by atoms with Crippen molar-refractivity contribution in [1.82, 2.24) is 14.9 Å². The summed E-state index contributed by atoms with van der Waals surface area (Å²) in [5.74, 6) is 0.801. The van der Waals surface area contributed by atoms with Gasteiger partial charge < -0.3 is 10.0 Å². The van der Waals surface area contributed by atoms with E-state index in [0.717, 1.165) is 23.5 Å². The first kappa shape index (κ1) is 15.4. The third-order valence-corrected chi connectivity index (χ3v) is 3.39. The maximum absolute atomic E-state index is 8.93. The van der Waals surface area contributed by atoms with Crippen molar-refractivity contribution < 1.29 is 5.11 Å². The van der Waals surface area contributed by atoms with Crippen LogP contribution in [0.2, 0.25) is 0 Å². The van der Waals surface area contributed by atoms with Crippen LogP contribution in [0.15, 0.2) is 29.4 Å². The minimum atomic E-state index is 0.137. The van der Waals surface area contributed by atoms with Crippen molar-refractivity contribution in [2.24, 2.45) is 5.10 Å². The molecule has 0 fully saturated rings. The van der Waals surface area contributed by atoms with Crippen LogP contribution < -0.4 is 4.90 Å². The largest absolute Gasteiger partial charge is 0.395 e. The highest BCUT2D eigenvalue weighted by atomic mass is 32.1. The molecule has 0 aliphatic rings. The summed E-state index contributed by atoms with van der Waals surface area (Å²) in [6, 6.07) is 7.93. The van der Waals surface area contributed by atoms with E-state index in [-0.39, 0.29) is 6.61 Å². The van der Waals surface area contributed by atoms with Gasteiger partial charge in [-0.15, -0.1) is 0 Å². The van der Waals surface area contributed by atoms with E-state index in [9.17, 15) is 0 Å². The second kappa shape index (κ2) is 7.14. The molecule has 2 N–H and O–H groups in total. The second-order valence-corrected chi connectivity index (χ2v) is 4.98. The fourth-order valence-electron chi connectivity index (χ4n) is 1.89. The van der Waals surface area contributed by atoms with Gasteiger partial charge in [0.05, 0.1) is 12.8 Å². The number of hydrogen-bond donors (Lipinski definition) is 2. The molecular formula is C14H19N5OS. The zero-order valence-corrected chi connectivity index (χ0v) is 13.0. The molecule has 1 aromatic carbocycles. The number of aromatic nitrogens is 3. The fourth-order valence-corrected chi connectivity index (χ4v) is 2.09. The van der Waals surface area contributed by atoms with E-state index in [1.165, 1.54) is 0 Å². The van der Waals surface area contributed by atoms with Crippen LogP contribution in [0.25, 0.3) is 0 Å². The number of rotatable bonds is 6. The number of aliphatic hydroxyl groups excluding tert-OH is 1. The van der Waals surface area contributed by atoms with Gasteiger partial charge in [0.15, 0.2) is 5.82 Å². The van der Waals surface area contributed by atoms with Crippen molar-refractivity contribution in [2.45, 2.75) is 13.3 Å². The van der Waals surface area contributed by atoms with Gasteiger partial charge in [0, 0.05) is 25.7 Å². The molecule has 7 heteroatoms. The summed E-state index contributed by atoms with van der Waals surface area (Å²) in [7, 11) is 1.94. The average Bonchev–Trinajstić information content (AvgIpc) is 2.86. The average molecular weight is 305 g/mol. The summed E-state index contributed by atoms with van der Waals surface area (Å²) in [5, 5.41) is 20.1. The molecule has 0 atom stereocenters. The van der Waals surface area contributed by atoms with Gasteiger partial charge in [-0.25, -0.2) is 0 Å².